The summed E-state index contributed by atoms with van der Waals surface area (Å²) in [6.07, 6.45) is 5.96. The van der Waals surface area contributed by atoms with Gasteiger partial charge >= 0.3 is 5.97 Å². The Hall–Kier alpha value is -1.78. The fourth-order valence-electron chi connectivity index (χ4n) is 2.88. The zero-order valence-electron chi connectivity index (χ0n) is 11.7. The maximum Gasteiger partial charge on any atom is 0.337 e. The zero-order valence-corrected chi connectivity index (χ0v) is 11.7. The summed E-state index contributed by atoms with van der Waals surface area (Å²) in [5, 5.41) is 12.1. The van der Waals surface area contributed by atoms with Crippen LogP contribution < -0.4 is 11.1 Å². The SMILES string of the molecule is CC(Nc1cc(C(=O)O)c(N)cc1F)C1CCCCC1. The first-order valence-electron chi connectivity index (χ1n) is 7.08. The number of halogens is 1. The third-order valence-electron chi connectivity index (χ3n) is 4.11. The molecule has 1 saturated carbocycles. The molecular formula is C15H21FN2O2. The summed E-state index contributed by atoms with van der Waals surface area (Å²) in [5.41, 5.74) is 5.62. The van der Waals surface area contributed by atoms with Crippen LogP contribution in [0.3, 0.4) is 0 Å². The standard InChI is InChI=1S/C15H21FN2O2/c1-9(10-5-3-2-4-6-10)18-14-7-11(15(19)20)13(17)8-12(14)16/h7-10,18H,2-6,17H2,1H3,(H,19,20). The lowest BCUT2D eigenvalue weighted by Crippen LogP contribution is -2.28. The first-order valence-corrected chi connectivity index (χ1v) is 7.08. The van der Waals surface area contributed by atoms with Gasteiger partial charge in [-0.1, -0.05) is 19.3 Å². The monoisotopic (exact) mass is 280 g/mol. The van der Waals surface area contributed by atoms with Crippen molar-refractivity contribution in [2.75, 3.05) is 11.1 Å². The zero-order chi connectivity index (χ0) is 14.7. The predicted molar refractivity (Wildman–Crippen MR) is 77.4 cm³/mol. The van der Waals surface area contributed by atoms with Crippen LogP contribution in [-0.2, 0) is 0 Å². The number of nitrogens with one attached hydrogen (secondary N) is 1. The van der Waals surface area contributed by atoms with Crippen LogP contribution in [0.1, 0.15) is 49.4 Å². The Morgan fingerprint density at radius 2 is 2.05 bits per heavy atom. The molecule has 1 aliphatic rings. The fraction of sp³-hybridized carbons (Fsp3) is 0.533. The lowest BCUT2D eigenvalue weighted by Gasteiger charge is -2.29. The Labute approximate surface area is 118 Å². The fourth-order valence-corrected chi connectivity index (χ4v) is 2.88. The molecule has 0 radical (unpaired) electrons. The number of nitrogens with two attached hydrogens (primary N) is 1. The van der Waals surface area contributed by atoms with Crippen molar-refractivity contribution in [2.24, 2.45) is 5.92 Å². The third kappa shape index (κ3) is 3.21. The van der Waals surface area contributed by atoms with Crippen molar-refractivity contribution in [3.05, 3.63) is 23.5 Å². The molecule has 1 aromatic rings. The molecule has 0 amide bonds. The lowest BCUT2D eigenvalue weighted by molar-refractivity contribution is 0.0698. The van der Waals surface area contributed by atoms with Crippen LogP contribution in [-0.4, -0.2) is 17.1 Å². The molecule has 1 aromatic carbocycles. The van der Waals surface area contributed by atoms with E-state index in [4.69, 9.17) is 10.8 Å². The maximum absolute atomic E-state index is 13.9. The number of benzene rings is 1. The number of hydrogen-bond donors (Lipinski definition) is 3. The number of nitrogen functional groups attached to an aromatic ring is 1. The van der Waals surface area contributed by atoms with E-state index in [2.05, 4.69) is 5.32 Å². The summed E-state index contributed by atoms with van der Waals surface area (Å²) in [7, 11) is 0. The highest BCUT2D eigenvalue weighted by atomic mass is 19.1. The Morgan fingerprint density at radius 3 is 2.65 bits per heavy atom. The number of carboxylic acids is 1. The summed E-state index contributed by atoms with van der Waals surface area (Å²) >= 11 is 0. The molecule has 5 heteroatoms. The van der Waals surface area contributed by atoms with Crippen molar-refractivity contribution in [3.63, 3.8) is 0 Å². The molecule has 0 aromatic heterocycles. The van der Waals surface area contributed by atoms with Crippen LogP contribution in [0.2, 0.25) is 0 Å². The van der Waals surface area contributed by atoms with Crippen LogP contribution in [0.25, 0.3) is 0 Å². The number of anilines is 2. The molecule has 1 atom stereocenters. The average molecular weight is 280 g/mol. The van der Waals surface area contributed by atoms with Gasteiger partial charge in [-0.25, -0.2) is 9.18 Å². The van der Waals surface area contributed by atoms with Gasteiger partial charge in [-0.3, -0.25) is 0 Å². The van der Waals surface area contributed by atoms with E-state index in [-0.39, 0.29) is 23.0 Å². The van der Waals surface area contributed by atoms with Gasteiger partial charge in [0.15, 0.2) is 0 Å². The molecule has 0 saturated heterocycles. The van der Waals surface area contributed by atoms with Crippen LogP contribution >= 0.6 is 0 Å². The van der Waals surface area contributed by atoms with Crippen molar-refractivity contribution in [3.8, 4) is 0 Å². The molecule has 4 N–H and O–H groups in total. The topological polar surface area (TPSA) is 75.3 Å². The quantitative estimate of drug-likeness (QED) is 0.738. The van der Waals surface area contributed by atoms with E-state index in [1.165, 1.54) is 25.3 Å². The second-order valence-corrected chi connectivity index (χ2v) is 5.56. The second kappa shape index (κ2) is 6.11. The Bertz CT molecular complexity index is 499. The molecular weight excluding hydrogens is 259 g/mol. The van der Waals surface area contributed by atoms with Gasteiger partial charge in [0.1, 0.15) is 5.82 Å². The lowest BCUT2D eigenvalue weighted by atomic mass is 9.84. The molecule has 20 heavy (non-hydrogen) atoms. The minimum absolute atomic E-state index is 0.0501. The third-order valence-corrected chi connectivity index (χ3v) is 4.11. The normalized spacial score (nSPS) is 17.7. The summed E-state index contributed by atoms with van der Waals surface area (Å²) in [6, 6.07) is 2.47. The molecule has 110 valence electrons. The van der Waals surface area contributed by atoms with Gasteiger partial charge in [-0.2, -0.15) is 0 Å². The Morgan fingerprint density at radius 1 is 1.40 bits per heavy atom. The van der Waals surface area contributed by atoms with Crippen LogP contribution in [0.15, 0.2) is 12.1 Å². The van der Waals surface area contributed by atoms with Gasteiger partial charge in [0.2, 0.25) is 0 Å². The van der Waals surface area contributed by atoms with Gasteiger partial charge in [0, 0.05) is 11.7 Å². The molecule has 2 rings (SSSR count). The van der Waals surface area contributed by atoms with Gasteiger partial charge in [-0.15, -0.1) is 0 Å². The van der Waals surface area contributed by atoms with E-state index in [0.29, 0.717) is 5.92 Å². The number of hydrogen-bond acceptors (Lipinski definition) is 3. The number of rotatable bonds is 4. The molecule has 0 heterocycles. The van der Waals surface area contributed by atoms with Crippen LogP contribution in [0.4, 0.5) is 15.8 Å². The minimum atomic E-state index is -1.14. The molecule has 1 aliphatic carbocycles. The smallest absolute Gasteiger partial charge is 0.337 e. The summed E-state index contributed by atoms with van der Waals surface area (Å²) in [5.74, 6) is -1.14. The number of aromatic carboxylic acids is 1. The second-order valence-electron chi connectivity index (χ2n) is 5.56. The molecule has 1 unspecified atom stereocenters. The maximum atomic E-state index is 13.9. The Kier molecular flexibility index (Phi) is 4.47. The van der Waals surface area contributed by atoms with E-state index in [9.17, 15) is 9.18 Å². The van der Waals surface area contributed by atoms with Crippen LogP contribution in [0.5, 0.6) is 0 Å². The first kappa shape index (κ1) is 14.6. The molecule has 0 bridgehead atoms. The minimum Gasteiger partial charge on any atom is -0.478 e. The highest BCUT2D eigenvalue weighted by molar-refractivity contribution is 5.94. The molecule has 4 nitrogen and oxygen atoms in total. The van der Waals surface area contributed by atoms with E-state index in [0.717, 1.165) is 18.9 Å². The van der Waals surface area contributed by atoms with Crippen molar-refractivity contribution < 1.29 is 14.3 Å². The number of carbonyl (C=O) groups is 1. The average Bonchev–Trinajstić information content (AvgIpc) is 2.42. The molecule has 1 fully saturated rings. The predicted octanol–water partition coefficient (Wildman–Crippen LogP) is 3.49. The summed E-state index contributed by atoms with van der Waals surface area (Å²) in [4.78, 5) is 11.0. The van der Waals surface area contributed by atoms with Crippen molar-refractivity contribution in [1.82, 2.24) is 0 Å². The van der Waals surface area contributed by atoms with Gasteiger partial charge in [0.25, 0.3) is 0 Å². The number of carboxylic acid groups (broad SMARTS) is 1. The highest BCUT2D eigenvalue weighted by Crippen LogP contribution is 2.29. The summed E-state index contributed by atoms with van der Waals surface area (Å²) in [6.45, 7) is 2.02. The highest BCUT2D eigenvalue weighted by Gasteiger charge is 2.21. The molecule has 0 aliphatic heterocycles. The van der Waals surface area contributed by atoms with E-state index in [1.54, 1.807) is 0 Å². The van der Waals surface area contributed by atoms with Crippen molar-refractivity contribution >= 4 is 17.3 Å². The van der Waals surface area contributed by atoms with Crippen LogP contribution in [0, 0.1) is 11.7 Å². The molecule has 0 spiro atoms. The van der Waals surface area contributed by atoms with Gasteiger partial charge in [0.05, 0.1) is 11.3 Å². The van der Waals surface area contributed by atoms with E-state index >= 15 is 0 Å². The van der Waals surface area contributed by atoms with Gasteiger partial charge in [-0.05, 0) is 37.8 Å². The van der Waals surface area contributed by atoms with Gasteiger partial charge < -0.3 is 16.2 Å². The summed E-state index contributed by atoms with van der Waals surface area (Å²) < 4.78 is 13.9. The first-order chi connectivity index (χ1) is 9.49. The van der Waals surface area contributed by atoms with E-state index < -0.39 is 11.8 Å². The largest absolute Gasteiger partial charge is 0.478 e. The Balaban J connectivity index is 2.15. The van der Waals surface area contributed by atoms with Crippen molar-refractivity contribution in [2.45, 2.75) is 45.1 Å². The van der Waals surface area contributed by atoms with E-state index in [1.807, 2.05) is 6.92 Å². The van der Waals surface area contributed by atoms with Crippen molar-refractivity contribution in [1.29, 1.82) is 0 Å².